The van der Waals surface area contributed by atoms with E-state index in [4.69, 9.17) is 0 Å². The molecule has 0 spiro atoms. The quantitative estimate of drug-likeness (QED) is 0.526. The Morgan fingerprint density at radius 3 is 2.30 bits per heavy atom. The Kier molecular flexibility index (Phi) is 7.38. The van der Waals surface area contributed by atoms with Gasteiger partial charge in [0.25, 0.3) is 0 Å². The van der Waals surface area contributed by atoms with Gasteiger partial charge in [-0.25, -0.2) is 4.79 Å². The highest BCUT2D eigenvalue weighted by atomic mass is 16.4. The number of rotatable bonds is 8. The lowest BCUT2D eigenvalue weighted by molar-refractivity contribution is 0.339. The van der Waals surface area contributed by atoms with Crippen molar-refractivity contribution in [1.29, 1.82) is 0 Å². The lowest BCUT2D eigenvalue weighted by Gasteiger charge is -2.28. The molecule has 0 bridgehead atoms. The van der Waals surface area contributed by atoms with Crippen LogP contribution in [0.4, 0.5) is 0 Å². The summed E-state index contributed by atoms with van der Waals surface area (Å²) < 4.78 is 0. The van der Waals surface area contributed by atoms with E-state index in [2.05, 4.69) is 18.7 Å². The summed E-state index contributed by atoms with van der Waals surface area (Å²) in [6, 6.07) is 0. The van der Waals surface area contributed by atoms with Crippen molar-refractivity contribution in [3.63, 3.8) is 0 Å². The molecule has 0 saturated heterocycles. The molecule has 5 heteroatoms. The number of hydrogen-bond acceptors (Lipinski definition) is 4. The SMILES string of the molecule is CCCCN(CCCC)C1=CC(=C=O)C(B(O)O)C=C1. The van der Waals surface area contributed by atoms with Crippen LogP contribution in [-0.2, 0) is 4.79 Å². The van der Waals surface area contributed by atoms with Crippen LogP contribution in [0, 0.1) is 0 Å². The third-order valence-electron chi connectivity index (χ3n) is 3.50. The minimum atomic E-state index is -1.56. The Balaban J connectivity index is 2.86. The second-order valence-electron chi connectivity index (χ2n) is 5.12. The summed E-state index contributed by atoms with van der Waals surface area (Å²) in [5.41, 5.74) is 1.26. The van der Waals surface area contributed by atoms with E-state index in [0.29, 0.717) is 5.57 Å². The van der Waals surface area contributed by atoms with Crippen molar-refractivity contribution >= 4 is 13.1 Å². The molecule has 0 radical (unpaired) electrons. The van der Waals surface area contributed by atoms with Crippen LogP contribution in [0.15, 0.2) is 29.5 Å². The summed E-state index contributed by atoms with van der Waals surface area (Å²) in [7, 11) is -1.56. The molecule has 0 amide bonds. The smallest absolute Gasteiger partial charge is 0.426 e. The summed E-state index contributed by atoms with van der Waals surface area (Å²) in [5.74, 6) is 1.15. The Hall–Kier alpha value is -1.29. The highest BCUT2D eigenvalue weighted by Crippen LogP contribution is 2.28. The van der Waals surface area contributed by atoms with E-state index in [9.17, 15) is 14.8 Å². The molecule has 1 atom stereocenters. The van der Waals surface area contributed by atoms with E-state index < -0.39 is 12.9 Å². The molecular weight excluding hydrogens is 253 g/mol. The van der Waals surface area contributed by atoms with Gasteiger partial charge in [-0.15, -0.1) is 0 Å². The van der Waals surface area contributed by atoms with E-state index in [-0.39, 0.29) is 0 Å². The monoisotopic (exact) mass is 277 g/mol. The summed E-state index contributed by atoms with van der Waals surface area (Å²) in [4.78, 5) is 13.2. The van der Waals surface area contributed by atoms with Crippen LogP contribution in [0.3, 0.4) is 0 Å². The zero-order chi connectivity index (χ0) is 15.0. The zero-order valence-corrected chi connectivity index (χ0v) is 12.4. The summed E-state index contributed by atoms with van der Waals surface area (Å²) >= 11 is 0. The van der Waals surface area contributed by atoms with Gasteiger partial charge in [0.2, 0.25) is 0 Å². The van der Waals surface area contributed by atoms with E-state index in [1.54, 1.807) is 12.2 Å². The maximum atomic E-state index is 11.0. The van der Waals surface area contributed by atoms with E-state index >= 15 is 0 Å². The zero-order valence-electron chi connectivity index (χ0n) is 12.4. The number of nitrogens with zero attached hydrogens (tertiary/aromatic N) is 1. The second kappa shape index (κ2) is 8.80. The summed E-state index contributed by atoms with van der Waals surface area (Å²) in [5, 5.41) is 18.5. The van der Waals surface area contributed by atoms with Crippen molar-refractivity contribution in [3.05, 3.63) is 29.5 Å². The fraction of sp³-hybridized carbons (Fsp3) is 0.600. The molecule has 0 aromatic heterocycles. The maximum Gasteiger partial charge on any atom is 0.464 e. The normalized spacial score (nSPS) is 17.7. The minimum Gasteiger partial charge on any atom is -0.426 e. The van der Waals surface area contributed by atoms with E-state index in [1.807, 2.05) is 12.0 Å². The molecular formula is C15H24BNO3. The van der Waals surface area contributed by atoms with Crippen molar-refractivity contribution < 1.29 is 14.8 Å². The van der Waals surface area contributed by atoms with Gasteiger partial charge in [-0.1, -0.05) is 32.8 Å². The largest absolute Gasteiger partial charge is 0.464 e. The molecule has 4 nitrogen and oxygen atoms in total. The summed E-state index contributed by atoms with van der Waals surface area (Å²) in [6.45, 7) is 6.20. The number of hydrogen-bond donors (Lipinski definition) is 2. The van der Waals surface area contributed by atoms with Gasteiger partial charge >= 0.3 is 7.12 Å². The Morgan fingerprint density at radius 2 is 1.85 bits per heavy atom. The van der Waals surface area contributed by atoms with Crippen molar-refractivity contribution in [1.82, 2.24) is 4.90 Å². The predicted octanol–water partition coefficient (Wildman–Crippen LogP) is 1.94. The van der Waals surface area contributed by atoms with Crippen molar-refractivity contribution in [3.8, 4) is 0 Å². The number of unbranched alkanes of at least 4 members (excludes halogenated alkanes) is 2. The van der Waals surface area contributed by atoms with Crippen LogP contribution in [0.25, 0.3) is 0 Å². The van der Waals surface area contributed by atoms with Gasteiger partial charge in [-0.05, 0) is 25.0 Å². The fourth-order valence-corrected chi connectivity index (χ4v) is 2.23. The van der Waals surface area contributed by atoms with Crippen LogP contribution < -0.4 is 0 Å². The van der Waals surface area contributed by atoms with Gasteiger partial charge in [-0.3, -0.25) is 0 Å². The highest BCUT2D eigenvalue weighted by Gasteiger charge is 2.28. The minimum absolute atomic E-state index is 0.301. The molecule has 0 heterocycles. The summed E-state index contributed by atoms with van der Waals surface area (Å²) in [6.07, 6.45) is 9.70. The lowest BCUT2D eigenvalue weighted by atomic mass is 9.67. The molecule has 1 aliphatic carbocycles. The Morgan fingerprint density at radius 1 is 1.25 bits per heavy atom. The van der Waals surface area contributed by atoms with Crippen molar-refractivity contribution in [2.24, 2.45) is 0 Å². The first-order chi connectivity index (χ1) is 9.63. The average molecular weight is 277 g/mol. The first kappa shape index (κ1) is 16.8. The van der Waals surface area contributed by atoms with E-state index in [0.717, 1.165) is 44.5 Å². The van der Waals surface area contributed by atoms with Crippen LogP contribution in [-0.4, -0.2) is 41.1 Å². The first-order valence-corrected chi connectivity index (χ1v) is 7.40. The molecule has 0 aliphatic heterocycles. The number of allylic oxidation sites excluding steroid dienone is 4. The Bertz CT molecular complexity index is 403. The van der Waals surface area contributed by atoms with Gasteiger partial charge in [-0.2, -0.15) is 0 Å². The van der Waals surface area contributed by atoms with Gasteiger partial charge in [0.05, 0.1) is 0 Å². The van der Waals surface area contributed by atoms with Gasteiger partial charge in [0.15, 0.2) is 0 Å². The van der Waals surface area contributed by atoms with Gasteiger partial charge in [0, 0.05) is 30.2 Å². The second-order valence-corrected chi connectivity index (χ2v) is 5.12. The fourth-order valence-electron chi connectivity index (χ4n) is 2.23. The van der Waals surface area contributed by atoms with Crippen LogP contribution in [0.1, 0.15) is 39.5 Å². The molecule has 2 N–H and O–H groups in total. The molecule has 0 aromatic rings. The van der Waals surface area contributed by atoms with Crippen LogP contribution >= 0.6 is 0 Å². The van der Waals surface area contributed by atoms with Crippen molar-refractivity contribution in [2.75, 3.05) is 13.1 Å². The van der Waals surface area contributed by atoms with Crippen LogP contribution in [0.2, 0.25) is 5.82 Å². The van der Waals surface area contributed by atoms with Crippen molar-refractivity contribution in [2.45, 2.75) is 45.3 Å². The predicted molar refractivity (Wildman–Crippen MR) is 81.8 cm³/mol. The molecule has 0 saturated carbocycles. The molecule has 1 rings (SSSR count). The molecule has 110 valence electrons. The number of carbonyl (C=O) groups excluding carboxylic acids is 1. The third kappa shape index (κ3) is 4.67. The first-order valence-electron chi connectivity index (χ1n) is 7.40. The molecule has 1 aliphatic rings. The molecule has 20 heavy (non-hydrogen) atoms. The molecule has 0 aromatic carbocycles. The van der Waals surface area contributed by atoms with Gasteiger partial charge in [0.1, 0.15) is 5.94 Å². The van der Waals surface area contributed by atoms with Crippen LogP contribution in [0.5, 0.6) is 0 Å². The standard InChI is InChI=1S/C15H24BNO3/c1-3-5-9-17(10-6-4-2)14-7-8-15(16(19)20)13(11-14)12-18/h7-8,11,15,19-20H,3-6,9-10H2,1-2H3. The maximum absolute atomic E-state index is 11.0. The molecule has 0 fully saturated rings. The molecule has 1 unspecified atom stereocenters. The third-order valence-corrected chi connectivity index (χ3v) is 3.50. The Labute approximate surface area is 121 Å². The highest BCUT2D eigenvalue weighted by molar-refractivity contribution is 6.45. The lowest BCUT2D eigenvalue weighted by Crippen LogP contribution is -2.28. The van der Waals surface area contributed by atoms with Gasteiger partial charge < -0.3 is 14.9 Å². The van der Waals surface area contributed by atoms with E-state index in [1.165, 1.54) is 0 Å². The average Bonchev–Trinajstić information content (AvgIpc) is 2.46. The topological polar surface area (TPSA) is 60.8 Å².